The molecule has 0 aliphatic carbocycles. The Bertz CT molecular complexity index is 1050. The molecule has 0 fully saturated rings. The summed E-state index contributed by atoms with van der Waals surface area (Å²) >= 11 is 5.88. The fraction of sp³-hybridized carbons (Fsp3) is 0.300. The van der Waals surface area contributed by atoms with Crippen LogP contribution in [-0.4, -0.2) is 37.3 Å². The van der Waals surface area contributed by atoms with Crippen LogP contribution in [0, 0.1) is 6.92 Å². The van der Waals surface area contributed by atoms with Gasteiger partial charge in [-0.05, 0) is 31.5 Å². The maximum atomic E-state index is 12.6. The van der Waals surface area contributed by atoms with Crippen molar-refractivity contribution in [1.29, 1.82) is 0 Å². The summed E-state index contributed by atoms with van der Waals surface area (Å²) in [5.74, 6) is -0.226. The molecule has 0 saturated heterocycles. The number of nitrogens with zero attached hydrogens (tertiary/aromatic N) is 5. The summed E-state index contributed by atoms with van der Waals surface area (Å²) in [4.78, 5) is 17.9. The number of aromatic nitrogens is 4. The van der Waals surface area contributed by atoms with E-state index in [1.807, 2.05) is 49.0 Å². The molecule has 150 valence electrons. The molecule has 2 aromatic heterocycles. The minimum absolute atomic E-state index is 0.226. The standard InChI is InChI=1S/C20H21ClN6O2/c1-3-26-12-17(13(2)24-26)18-8-19(29-25-18)20(28)23-16-6-4-14(5-7-16)10-27-11-15(21)9-22-27/h4-7,9,11-12,19H,3,8,10H2,1-2H3,(H,23,28). The van der Waals surface area contributed by atoms with Gasteiger partial charge in [-0.15, -0.1) is 0 Å². The molecule has 9 heteroatoms. The van der Waals surface area contributed by atoms with E-state index < -0.39 is 6.10 Å². The molecular weight excluding hydrogens is 392 g/mol. The first-order valence-corrected chi connectivity index (χ1v) is 9.74. The lowest BCUT2D eigenvalue weighted by Crippen LogP contribution is -2.28. The van der Waals surface area contributed by atoms with Gasteiger partial charge in [-0.1, -0.05) is 28.9 Å². The lowest BCUT2D eigenvalue weighted by molar-refractivity contribution is -0.125. The van der Waals surface area contributed by atoms with E-state index in [2.05, 4.69) is 20.7 Å². The second kappa shape index (κ2) is 8.08. The number of aryl methyl sites for hydroxylation is 2. The van der Waals surface area contributed by atoms with Crippen LogP contribution < -0.4 is 5.32 Å². The second-order valence-corrected chi connectivity index (χ2v) is 7.30. The van der Waals surface area contributed by atoms with Gasteiger partial charge in [-0.2, -0.15) is 10.2 Å². The molecule has 1 N–H and O–H groups in total. The van der Waals surface area contributed by atoms with Gasteiger partial charge in [-0.25, -0.2) is 0 Å². The van der Waals surface area contributed by atoms with Gasteiger partial charge >= 0.3 is 0 Å². The molecule has 0 saturated carbocycles. The van der Waals surface area contributed by atoms with Gasteiger partial charge in [0.1, 0.15) is 0 Å². The van der Waals surface area contributed by atoms with Gasteiger partial charge in [0.25, 0.3) is 5.91 Å². The minimum Gasteiger partial charge on any atom is -0.382 e. The first kappa shape index (κ1) is 19.2. The summed E-state index contributed by atoms with van der Waals surface area (Å²) in [6.07, 6.45) is 5.06. The number of nitrogens with one attached hydrogen (secondary N) is 1. The summed E-state index contributed by atoms with van der Waals surface area (Å²) in [6.45, 7) is 5.34. The monoisotopic (exact) mass is 412 g/mol. The van der Waals surface area contributed by atoms with Crippen molar-refractivity contribution in [2.24, 2.45) is 5.16 Å². The SMILES string of the molecule is CCn1cc(C2=NOC(C(=O)Nc3ccc(Cn4cc(Cl)cn4)cc3)C2)c(C)n1. The number of hydrogen-bond donors (Lipinski definition) is 1. The van der Waals surface area contributed by atoms with Gasteiger partial charge in [-0.3, -0.25) is 14.2 Å². The number of carbonyl (C=O) groups excluding carboxylic acids is 1. The molecule has 0 spiro atoms. The van der Waals surface area contributed by atoms with Crippen LogP contribution in [0.2, 0.25) is 5.02 Å². The van der Waals surface area contributed by atoms with Gasteiger partial charge in [0.05, 0.1) is 29.2 Å². The van der Waals surface area contributed by atoms with E-state index in [1.165, 1.54) is 0 Å². The quantitative estimate of drug-likeness (QED) is 0.673. The van der Waals surface area contributed by atoms with Crippen molar-refractivity contribution in [1.82, 2.24) is 19.6 Å². The molecule has 8 nitrogen and oxygen atoms in total. The summed E-state index contributed by atoms with van der Waals surface area (Å²) < 4.78 is 3.60. The zero-order valence-electron chi connectivity index (χ0n) is 16.2. The van der Waals surface area contributed by atoms with E-state index in [1.54, 1.807) is 17.1 Å². The van der Waals surface area contributed by atoms with Gasteiger partial charge in [0.15, 0.2) is 0 Å². The predicted molar refractivity (Wildman–Crippen MR) is 110 cm³/mol. The largest absolute Gasteiger partial charge is 0.382 e. The van der Waals surface area contributed by atoms with E-state index in [4.69, 9.17) is 16.4 Å². The molecule has 1 aliphatic heterocycles. The van der Waals surface area contributed by atoms with Crippen LogP contribution in [-0.2, 0) is 22.7 Å². The molecule has 3 aromatic rings. The highest BCUT2D eigenvalue weighted by Crippen LogP contribution is 2.21. The third kappa shape index (κ3) is 4.32. The Kier molecular flexibility index (Phi) is 5.35. The Morgan fingerprint density at radius 1 is 1.28 bits per heavy atom. The average Bonchev–Trinajstić information content (AvgIpc) is 3.43. The highest BCUT2D eigenvalue weighted by Gasteiger charge is 2.30. The lowest BCUT2D eigenvalue weighted by Gasteiger charge is -2.10. The minimum atomic E-state index is -0.653. The summed E-state index contributed by atoms with van der Waals surface area (Å²) in [5, 5.41) is 16.2. The van der Waals surface area contributed by atoms with Crippen LogP contribution >= 0.6 is 11.6 Å². The van der Waals surface area contributed by atoms with E-state index in [-0.39, 0.29) is 5.91 Å². The Morgan fingerprint density at radius 3 is 2.72 bits per heavy atom. The van der Waals surface area contributed by atoms with Crippen molar-refractivity contribution in [2.45, 2.75) is 39.5 Å². The van der Waals surface area contributed by atoms with Crippen molar-refractivity contribution in [3.63, 3.8) is 0 Å². The summed E-state index contributed by atoms with van der Waals surface area (Å²) in [7, 11) is 0. The molecular formula is C20H21ClN6O2. The topological polar surface area (TPSA) is 86.3 Å². The molecule has 3 heterocycles. The van der Waals surface area contributed by atoms with Crippen LogP contribution in [0.25, 0.3) is 0 Å². The first-order chi connectivity index (χ1) is 14.0. The molecule has 1 aliphatic rings. The molecule has 1 unspecified atom stereocenters. The Hall–Kier alpha value is -3.13. The normalized spacial score (nSPS) is 15.8. The van der Waals surface area contributed by atoms with Gasteiger partial charge < -0.3 is 10.2 Å². The molecule has 1 aromatic carbocycles. The fourth-order valence-corrected chi connectivity index (χ4v) is 3.32. The third-order valence-corrected chi connectivity index (χ3v) is 4.91. The van der Waals surface area contributed by atoms with Crippen molar-refractivity contribution in [3.05, 3.63) is 64.7 Å². The highest BCUT2D eigenvalue weighted by molar-refractivity contribution is 6.30. The number of halogens is 1. The Labute approximate surface area is 173 Å². The molecule has 4 rings (SSSR count). The first-order valence-electron chi connectivity index (χ1n) is 9.36. The van der Waals surface area contributed by atoms with E-state index in [9.17, 15) is 4.79 Å². The van der Waals surface area contributed by atoms with E-state index in [0.717, 1.165) is 29.1 Å². The predicted octanol–water partition coefficient (Wildman–Crippen LogP) is 3.24. The Morgan fingerprint density at radius 2 is 2.07 bits per heavy atom. The molecule has 29 heavy (non-hydrogen) atoms. The number of anilines is 1. The van der Waals surface area contributed by atoms with Crippen LogP contribution in [0.15, 0.2) is 48.0 Å². The summed E-state index contributed by atoms with van der Waals surface area (Å²) in [6, 6.07) is 7.57. The molecule has 0 bridgehead atoms. The number of oxime groups is 1. The van der Waals surface area contributed by atoms with Crippen molar-refractivity contribution >= 4 is 28.9 Å². The number of benzene rings is 1. The summed E-state index contributed by atoms with van der Waals surface area (Å²) in [5.41, 5.74) is 4.29. The van der Waals surface area contributed by atoms with Crippen LogP contribution in [0.4, 0.5) is 5.69 Å². The maximum absolute atomic E-state index is 12.6. The number of carbonyl (C=O) groups is 1. The van der Waals surface area contributed by atoms with Crippen molar-refractivity contribution in [3.8, 4) is 0 Å². The Balaban J connectivity index is 1.34. The maximum Gasteiger partial charge on any atom is 0.268 e. The van der Waals surface area contributed by atoms with Crippen LogP contribution in [0.1, 0.15) is 30.2 Å². The third-order valence-electron chi connectivity index (χ3n) is 4.71. The van der Waals surface area contributed by atoms with Crippen molar-refractivity contribution < 1.29 is 9.63 Å². The average molecular weight is 413 g/mol. The zero-order chi connectivity index (χ0) is 20.4. The van der Waals surface area contributed by atoms with Crippen molar-refractivity contribution in [2.75, 3.05) is 5.32 Å². The fourth-order valence-electron chi connectivity index (χ4n) is 3.17. The number of amides is 1. The molecule has 1 atom stereocenters. The van der Waals surface area contributed by atoms with Crippen LogP contribution in [0.3, 0.4) is 0 Å². The molecule has 1 amide bonds. The van der Waals surface area contributed by atoms with Gasteiger partial charge in [0.2, 0.25) is 6.10 Å². The molecule has 0 radical (unpaired) electrons. The number of hydrogen-bond acceptors (Lipinski definition) is 5. The lowest BCUT2D eigenvalue weighted by atomic mass is 10.1. The number of rotatable bonds is 6. The van der Waals surface area contributed by atoms with Crippen LogP contribution in [0.5, 0.6) is 0 Å². The zero-order valence-corrected chi connectivity index (χ0v) is 16.9. The second-order valence-electron chi connectivity index (χ2n) is 6.86. The van der Waals surface area contributed by atoms with Gasteiger partial charge in [0, 0.05) is 36.6 Å². The highest BCUT2D eigenvalue weighted by atomic mass is 35.5. The van der Waals surface area contributed by atoms with E-state index in [0.29, 0.717) is 23.7 Å². The van der Waals surface area contributed by atoms with E-state index >= 15 is 0 Å². The smallest absolute Gasteiger partial charge is 0.268 e.